The number of alkyl halides is 4. The molecule has 1 saturated heterocycles. The van der Waals surface area contributed by atoms with E-state index in [0.29, 0.717) is 4.57 Å². The molecule has 2 aromatic heterocycles. The zero-order valence-corrected chi connectivity index (χ0v) is 11.1. The van der Waals surface area contributed by atoms with Gasteiger partial charge in [0.15, 0.2) is 17.3 Å². The first-order valence-corrected chi connectivity index (χ1v) is 6.08. The summed E-state index contributed by atoms with van der Waals surface area (Å²) in [4.78, 5) is 11.3. The van der Waals surface area contributed by atoms with E-state index in [1.807, 2.05) is 0 Å². The topological polar surface area (TPSA) is 82.3 Å². The van der Waals surface area contributed by atoms with Gasteiger partial charge in [-0.05, 0) is 0 Å². The van der Waals surface area contributed by atoms with E-state index in [9.17, 15) is 17.6 Å². The van der Waals surface area contributed by atoms with Gasteiger partial charge < -0.3 is 14.6 Å². The average molecular weight is 322 g/mol. The van der Waals surface area contributed by atoms with Crippen molar-refractivity contribution in [3.63, 3.8) is 0 Å². The highest BCUT2D eigenvalue weighted by Crippen LogP contribution is 2.53. The average Bonchev–Trinajstić information content (AvgIpc) is 2.97. The summed E-state index contributed by atoms with van der Waals surface area (Å²) >= 11 is 0. The van der Waals surface area contributed by atoms with E-state index < -0.39 is 30.8 Å². The summed E-state index contributed by atoms with van der Waals surface area (Å²) in [6.45, 7) is -1.25. The van der Waals surface area contributed by atoms with Crippen LogP contribution in [0.2, 0.25) is 0 Å². The third-order valence-electron chi connectivity index (χ3n) is 3.39. The molecule has 0 saturated carbocycles. The molecule has 2 aromatic rings. The minimum atomic E-state index is -4.55. The second-order valence-electron chi connectivity index (χ2n) is 4.61. The third-order valence-corrected chi connectivity index (χ3v) is 3.39. The molecule has 1 aliphatic heterocycles. The second-order valence-corrected chi connectivity index (χ2v) is 4.61. The number of nitrogens with zero attached hydrogens (tertiary/aromatic N) is 4. The summed E-state index contributed by atoms with van der Waals surface area (Å²) in [6.07, 6.45) is -2.78. The fraction of sp³-hybridized carbons (Fsp3) is 0.545. The lowest BCUT2D eigenvalue weighted by Gasteiger charge is -2.23. The van der Waals surface area contributed by atoms with Crippen molar-refractivity contribution < 1.29 is 32.1 Å². The monoisotopic (exact) mass is 322 g/mol. The molecule has 22 heavy (non-hydrogen) atoms. The maximum atomic E-state index is 14.0. The number of hydrogen-bond donors (Lipinski definition) is 1. The van der Waals surface area contributed by atoms with Gasteiger partial charge in [-0.1, -0.05) is 0 Å². The van der Waals surface area contributed by atoms with Crippen LogP contribution in [0.25, 0.3) is 11.2 Å². The fourth-order valence-electron chi connectivity index (χ4n) is 2.26. The van der Waals surface area contributed by atoms with E-state index in [1.165, 1.54) is 7.11 Å². The Balaban J connectivity index is 2.12. The first-order valence-electron chi connectivity index (χ1n) is 6.08. The molecule has 7 nitrogen and oxygen atoms in total. The van der Waals surface area contributed by atoms with Gasteiger partial charge >= 0.3 is 11.8 Å². The third kappa shape index (κ3) is 1.78. The molecule has 0 amide bonds. The Kier molecular flexibility index (Phi) is 3.22. The van der Waals surface area contributed by atoms with Crippen LogP contribution in [0.5, 0.6) is 5.88 Å². The minimum absolute atomic E-state index is 0.00975. The Morgan fingerprint density at radius 3 is 2.59 bits per heavy atom. The molecular weight excluding hydrogens is 312 g/mol. The lowest BCUT2D eigenvalue weighted by molar-refractivity contribution is -0.209. The number of methoxy groups -OCH3 is 1. The number of aromatic nitrogens is 4. The summed E-state index contributed by atoms with van der Waals surface area (Å²) in [6, 6.07) is 0. The predicted molar refractivity (Wildman–Crippen MR) is 62.8 cm³/mol. The zero-order chi connectivity index (χ0) is 16.1. The number of hydrogen-bond acceptors (Lipinski definition) is 6. The minimum Gasteiger partial charge on any atom is -0.479 e. The Labute approximate surface area is 120 Å². The van der Waals surface area contributed by atoms with Gasteiger partial charge in [0, 0.05) is 0 Å². The highest BCUT2D eigenvalue weighted by atomic mass is 19.3. The van der Waals surface area contributed by atoms with Gasteiger partial charge in [-0.25, -0.2) is 9.97 Å². The highest BCUT2D eigenvalue weighted by molar-refractivity contribution is 5.76. The molecule has 11 heteroatoms. The molecule has 0 radical (unpaired) electrons. The van der Waals surface area contributed by atoms with Crippen LogP contribution >= 0.6 is 0 Å². The molecule has 0 aromatic carbocycles. The normalized spacial score (nSPS) is 26.5. The first kappa shape index (κ1) is 14.9. The number of fused-ring (bicyclic) bond motifs is 1. The van der Waals surface area contributed by atoms with Crippen molar-refractivity contribution in [2.24, 2.45) is 0 Å². The van der Waals surface area contributed by atoms with Gasteiger partial charge in [-0.3, -0.25) is 4.57 Å². The van der Waals surface area contributed by atoms with Crippen LogP contribution in [-0.4, -0.2) is 56.3 Å². The zero-order valence-electron chi connectivity index (χ0n) is 11.1. The first-order chi connectivity index (χ1) is 10.3. The lowest BCUT2D eigenvalue weighted by Crippen LogP contribution is -2.46. The van der Waals surface area contributed by atoms with E-state index in [4.69, 9.17) is 9.84 Å². The van der Waals surface area contributed by atoms with Gasteiger partial charge in [0.2, 0.25) is 12.1 Å². The molecule has 1 aliphatic rings. The molecule has 0 bridgehead atoms. The molecule has 3 rings (SSSR count). The van der Waals surface area contributed by atoms with E-state index >= 15 is 0 Å². The number of ether oxygens (including phenoxy) is 2. The van der Waals surface area contributed by atoms with Crippen LogP contribution in [0.4, 0.5) is 17.6 Å². The molecule has 0 spiro atoms. The maximum absolute atomic E-state index is 14.0. The van der Waals surface area contributed by atoms with Gasteiger partial charge in [-0.15, -0.1) is 0 Å². The van der Waals surface area contributed by atoms with Crippen LogP contribution in [-0.2, 0) is 4.74 Å². The highest BCUT2D eigenvalue weighted by Gasteiger charge is 2.73. The second kappa shape index (κ2) is 4.74. The molecule has 0 aliphatic carbocycles. The van der Waals surface area contributed by atoms with Gasteiger partial charge in [0.1, 0.15) is 6.33 Å². The Bertz CT molecular complexity index is 708. The molecule has 1 N–H and O–H groups in total. The van der Waals surface area contributed by atoms with Crippen molar-refractivity contribution in [3.8, 4) is 5.88 Å². The maximum Gasteiger partial charge on any atom is 0.356 e. The van der Waals surface area contributed by atoms with Crippen LogP contribution in [0.1, 0.15) is 6.23 Å². The summed E-state index contributed by atoms with van der Waals surface area (Å²) < 4.78 is 65.5. The van der Waals surface area contributed by atoms with Crippen molar-refractivity contribution in [2.45, 2.75) is 24.2 Å². The van der Waals surface area contributed by atoms with Crippen molar-refractivity contribution >= 4 is 11.2 Å². The molecule has 120 valence electrons. The van der Waals surface area contributed by atoms with E-state index in [2.05, 4.69) is 19.7 Å². The number of aliphatic hydroxyl groups is 1. The van der Waals surface area contributed by atoms with Gasteiger partial charge in [0.05, 0.1) is 20.0 Å². The molecular formula is C11H10F4N4O3. The van der Waals surface area contributed by atoms with Gasteiger partial charge in [0.25, 0.3) is 0 Å². The molecule has 1 fully saturated rings. The Hall–Kier alpha value is -2.01. The number of aliphatic hydroxyl groups excluding tert-OH is 1. The van der Waals surface area contributed by atoms with E-state index in [1.54, 1.807) is 0 Å². The van der Waals surface area contributed by atoms with Crippen LogP contribution in [0.15, 0.2) is 12.7 Å². The summed E-state index contributed by atoms with van der Waals surface area (Å²) in [5.41, 5.74) is -0.119. The predicted octanol–water partition coefficient (Wildman–Crippen LogP) is 0.995. The van der Waals surface area contributed by atoms with Crippen molar-refractivity contribution in [1.82, 2.24) is 19.5 Å². The lowest BCUT2D eigenvalue weighted by atomic mass is 10.1. The van der Waals surface area contributed by atoms with Crippen LogP contribution < -0.4 is 4.74 Å². The number of imidazole rings is 1. The van der Waals surface area contributed by atoms with Crippen molar-refractivity contribution in [3.05, 3.63) is 12.7 Å². The quantitative estimate of drug-likeness (QED) is 0.849. The Morgan fingerprint density at radius 1 is 1.27 bits per heavy atom. The van der Waals surface area contributed by atoms with Crippen molar-refractivity contribution in [1.29, 1.82) is 0 Å². The fourth-order valence-corrected chi connectivity index (χ4v) is 2.26. The van der Waals surface area contributed by atoms with Gasteiger partial charge in [-0.2, -0.15) is 22.5 Å². The summed E-state index contributed by atoms with van der Waals surface area (Å²) in [5.74, 6) is -9.07. The summed E-state index contributed by atoms with van der Waals surface area (Å²) in [7, 11) is 1.29. The number of halogens is 4. The van der Waals surface area contributed by atoms with Crippen LogP contribution in [0.3, 0.4) is 0 Å². The van der Waals surface area contributed by atoms with Crippen molar-refractivity contribution in [2.75, 3.05) is 13.7 Å². The Morgan fingerprint density at radius 2 is 2.00 bits per heavy atom. The largest absolute Gasteiger partial charge is 0.479 e. The standard InChI is InChI=1S/C11H10F4N4O3/c1-21-8-6-7(16-3-17-8)19(4-18-6)9-11(14,15)10(12,13)5(2-20)22-9/h3-5,9,20H,2H2,1H3/t5-,9+/m1/s1. The SMILES string of the molecule is COc1ncnc2c1ncn2[C@H]1O[C@H](CO)C(F)(F)C1(F)F. The molecule has 3 heterocycles. The summed E-state index contributed by atoms with van der Waals surface area (Å²) in [5, 5.41) is 8.84. The molecule has 2 atom stereocenters. The molecule has 0 unspecified atom stereocenters. The number of rotatable bonds is 3. The van der Waals surface area contributed by atoms with E-state index in [0.717, 1.165) is 12.7 Å². The van der Waals surface area contributed by atoms with E-state index in [-0.39, 0.29) is 17.0 Å². The smallest absolute Gasteiger partial charge is 0.356 e. The van der Waals surface area contributed by atoms with Crippen LogP contribution in [0, 0.1) is 0 Å².